The number of pyridine rings is 1. The van der Waals surface area contributed by atoms with Gasteiger partial charge in [-0.05, 0) is 66.2 Å². The highest BCUT2D eigenvalue weighted by molar-refractivity contribution is 5.99. The maximum absolute atomic E-state index is 13.9. The van der Waals surface area contributed by atoms with Crippen molar-refractivity contribution in [2.24, 2.45) is 28.6 Å². The lowest BCUT2D eigenvalue weighted by Gasteiger charge is -2.60. The SMILES string of the molecule is C[C@@H]1[C@H](NC(=O)Nc2cccnc2)C[C@H]2C(C)(C)CCC[C@]2(C)[C@H]1C(=O)c1cc(O)cc(O)c1. The number of carbonyl (C=O) groups is 2. The molecule has 1 heterocycles. The second kappa shape index (κ2) is 8.93. The number of aromatic nitrogens is 1. The molecule has 4 N–H and O–H groups in total. The zero-order valence-electron chi connectivity index (χ0n) is 20.3. The molecule has 1 aromatic heterocycles. The highest BCUT2D eigenvalue weighted by Crippen LogP contribution is 2.61. The van der Waals surface area contributed by atoms with Crippen LogP contribution in [0.4, 0.5) is 10.5 Å². The molecule has 2 saturated carbocycles. The maximum atomic E-state index is 13.9. The number of urea groups is 1. The van der Waals surface area contributed by atoms with Crippen molar-refractivity contribution in [3.8, 4) is 11.5 Å². The Kier molecular flexibility index (Phi) is 6.32. The van der Waals surface area contributed by atoms with Gasteiger partial charge in [-0.1, -0.05) is 34.1 Å². The van der Waals surface area contributed by atoms with Gasteiger partial charge in [0.1, 0.15) is 11.5 Å². The Balaban J connectivity index is 1.67. The Hall–Kier alpha value is -3.09. The Morgan fingerprint density at radius 2 is 1.79 bits per heavy atom. The lowest BCUT2D eigenvalue weighted by atomic mass is 9.45. The molecule has 0 aliphatic heterocycles. The molecule has 2 fully saturated rings. The molecule has 0 bridgehead atoms. The number of phenolic OH excluding ortho intramolecular Hbond substituents is 2. The fourth-order valence-corrected chi connectivity index (χ4v) is 6.85. The van der Waals surface area contributed by atoms with Gasteiger partial charge in [0.25, 0.3) is 0 Å². The number of Topliss-reactive ketones (excluding diaryl/α,β-unsaturated/α-hetero) is 1. The number of amides is 2. The predicted octanol–water partition coefficient (Wildman–Crippen LogP) is 5.35. The normalized spacial score (nSPS) is 30.1. The molecule has 5 atom stereocenters. The number of aromatic hydroxyl groups is 2. The summed E-state index contributed by atoms with van der Waals surface area (Å²) in [6, 6.07) is 7.09. The van der Waals surface area contributed by atoms with Crippen LogP contribution in [0.5, 0.6) is 11.5 Å². The van der Waals surface area contributed by atoms with Crippen molar-refractivity contribution in [3.63, 3.8) is 0 Å². The topological polar surface area (TPSA) is 112 Å². The monoisotopic (exact) mass is 465 g/mol. The minimum Gasteiger partial charge on any atom is -0.508 e. The summed E-state index contributed by atoms with van der Waals surface area (Å²) in [5, 5.41) is 26.0. The second-order valence-corrected chi connectivity index (χ2v) is 11.0. The van der Waals surface area contributed by atoms with Gasteiger partial charge in [-0.25, -0.2) is 4.79 Å². The number of rotatable bonds is 4. The van der Waals surface area contributed by atoms with E-state index in [0.29, 0.717) is 11.3 Å². The van der Waals surface area contributed by atoms with E-state index in [1.165, 1.54) is 18.2 Å². The van der Waals surface area contributed by atoms with Crippen molar-refractivity contribution in [2.45, 2.75) is 59.4 Å². The third kappa shape index (κ3) is 4.48. The smallest absolute Gasteiger partial charge is 0.319 e. The van der Waals surface area contributed by atoms with E-state index >= 15 is 0 Å². The predicted molar refractivity (Wildman–Crippen MR) is 131 cm³/mol. The summed E-state index contributed by atoms with van der Waals surface area (Å²) >= 11 is 0. The number of benzene rings is 1. The molecule has 2 amide bonds. The number of nitrogens with one attached hydrogen (secondary N) is 2. The number of ketones is 1. The molecule has 34 heavy (non-hydrogen) atoms. The molecular formula is C27H35N3O4. The third-order valence-corrected chi connectivity index (χ3v) is 8.34. The Labute approximate surface area is 201 Å². The average molecular weight is 466 g/mol. The van der Waals surface area contributed by atoms with Crippen molar-refractivity contribution < 1.29 is 19.8 Å². The Bertz CT molecular complexity index is 1050. The zero-order chi connectivity index (χ0) is 24.7. The standard InChI is InChI=1S/C27H35N3O4/c1-16-21(30-25(34)29-18-7-5-10-28-15-18)14-22-26(2,3)8-6-9-27(22,4)23(16)24(33)17-11-19(31)13-20(32)12-17/h5,7,10-13,15-16,21-23,31-32H,6,8-9,14H2,1-4H3,(H2,29,30,34)/t16-,21-,22+,23-,27+/m1/s1. The van der Waals surface area contributed by atoms with Crippen LogP contribution < -0.4 is 10.6 Å². The van der Waals surface area contributed by atoms with Crippen LogP contribution in [0.25, 0.3) is 0 Å². The summed E-state index contributed by atoms with van der Waals surface area (Å²) in [6.07, 6.45) is 7.08. The van der Waals surface area contributed by atoms with Gasteiger partial charge in [0, 0.05) is 29.8 Å². The zero-order valence-corrected chi connectivity index (χ0v) is 20.3. The van der Waals surface area contributed by atoms with Crippen LogP contribution in [0, 0.1) is 28.6 Å². The molecular weight excluding hydrogens is 430 g/mol. The first-order valence-electron chi connectivity index (χ1n) is 12.1. The molecule has 7 nitrogen and oxygen atoms in total. The molecule has 0 spiro atoms. The third-order valence-electron chi connectivity index (χ3n) is 8.34. The fraction of sp³-hybridized carbons (Fsp3) is 0.519. The van der Waals surface area contributed by atoms with E-state index in [-0.39, 0.29) is 57.9 Å². The van der Waals surface area contributed by atoms with Crippen molar-refractivity contribution in [2.75, 3.05) is 5.32 Å². The molecule has 0 unspecified atom stereocenters. The van der Waals surface area contributed by atoms with E-state index < -0.39 is 0 Å². The average Bonchev–Trinajstić information content (AvgIpc) is 2.74. The number of fused-ring (bicyclic) bond motifs is 1. The highest BCUT2D eigenvalue weighted by Gasteiger charge is 2.58. The van der Waals surface area contributed by atoms with Crippen LogP contribution >= 0.6 is 0 Å². The first kappa shape index (κ1) is 24.0. The van der Waals surface area contributed by atoms with Gasteiger partial charge < -0.3 is 20.8 Å². The molecule has 2 aromatic rings. The molecule has 2 aliphatic rings. The van der Waals surface area contributed by atoms with Crippen LogP contribution in [0.2, 0.25) is 0 Å². The quantitative estimate of drug-likeness (QED) is 0.455. The van der Waals surface area contributed by atoms with Crippen molar-refractivity contribution in [1.29, 1.82) is 0 Å². The largest absolute Gasteiger partial charge is 0.508 e. The van der Waals surface area contributed by atoms with Gasteiger partial charge in [-0.15, -0.1) is 0 Å². The van der Waals surface area contributed by atoms with E-state index in [9.17, 15) is 19.8 Å². The number of phenols is 2. The number of anilines is 1. The van der Waals surface area contributed by atoms with Crippen LogP contribution in [0.1, 0.15) is 63.7 Å². The summed E-state index contributed by atoms with van der Waals surface area (Å²) in [5.41, 5.74) is 0.677. The van der Waals surface area contributed by atoms with E-state index in [1.54, 1.807) is 24.5 Å². The minimum atomic E-state index is -0.365. The van der Waals surface area contributed by atoms with Crippen molar-refractivity contribution in [3.05, 3.63) is 48.3 Å². The van der Waals surface area contributed by atoms with Crippen molar-refractivity contribution in [1.82, 2.24) is 10.3 Å². The van der Waals surface area contributed by atoms with E-state index in [2.05, 4.69) is 36.4 Å². The fourth-order valence-electron chi connectivity index (χ4n) is 6.85. The molecule has 1 aromatic carbocycles. The number of nitrogens with zero attached hydrogens (tertiary/aromatic N) is 1. The molecule has 7 heteroatoms. The maximum Gasteiger partial charge on any atom is 0.319 e. The van der Waals surface area contributed by atoms with E-state index in [0.717, 1.165) is 25.7 Å². The highest BCUT2D eigenvalue weighted by atomic mass is 16.3. The number of hydrogen-bond acceptors (Lipinski definition) is 5. The van der Waals surface area contributed by atoms with Gasteiger partial charge in [-0.3, -0.25) is 9.78 Å². The van der Waals surface area contributed by atoms with Crippen LogP contribution in [0.3, 0.4) is 0 Å². The van der Waals surface area contributed by atoms with Crippen LogP contribution in [0.15, 0.2) is 42.7 Å². The molecule has 0 saturated heterocycles. The Morgan fingerprint density at radius 1 is 1.09 bits per heavy atom. The molecule has 4 rings (SSSR count). The van der Waals surface area contributed by atoms with E-state index in [4.69, 9.17) is 0 Å². The van der Waals surface area contributed by atoms with Gasteiger partial charge in [0.2, 0.25) is 0 Å². The lowest BCUT2D eigenvalue weighted by molar-refractivity contribution is -0.0897. The second-order valence-electron chi connectivity index (χ2n) is 11.0. The molecule has 0 radical (unpaired) electrons. The van der Waals surface area contributed by atoms with Gasteiger partial charge in [0.05, 0.1) is 11.9 Å². The summed E-state index contributed by atoms with van der Waals surface area (Å²) in [7, 11) is 0. The van der Waals surface area contributed by atoms with Gasteiger partial charge in [-0.2, -0.15) is 0 Å². The summed E-state index contributed by atoms with van der Waals surface area (Å²) in [4.78, 5) is 30.8. The summed E-state index contributed by atoms with van der Waals surface area (Å²) in [5.74, 6) is -0.634. The molecule has 182 valence electrons. The first-order valence-corrected chi connectivity index (χ1v) is 12.1. The molecule has 2 aliphatic carbocycles. The lowest BCUT2D eigenvalue weighted by Crippen LogP contribution is -2.61. The number of hydrogen-bond donors (Lipinski definition) is 4. The van der Waals surface area contributed by atoms with Crippen molar-refractivity contribution >= 4 is 17.5 Å². The van der Waals surface area contributed by atoms with Crippen LogP contribution in [-0.2, 0) is 0 Å². The minimum absolute atomic E-state index is 0.0202. The Morgan fingerprint density at radius 3 is 2.44 bits per heavy atom. The van der Waals surface area contributed by atoms with Gasteiger partial charge >= 0.3 is 6.03 Å². The van der Waals surface area contributed by atoms with E-state index in [1.807, 2.05) is 6.92 Å². The summed E-state index contributed by atoms with van der Waals surface area (Å²) in [6.45, 7) is 8.77. The summed E-state index contributed by atoms with van der Waals surface area (Å²) < 4.78 is 0. The van der Waals surface area contributed by atoms with Gasteiger partial charge in [0.15, 0.2) is 5.78 Å². The number of carbonyl (C=O) groups excluding carboxylic acids is 2. The van der Waals surface area contributed by atoms with Crippen LogP contribution in [-0.4, -0.2) is 33.1 Å². The first-order chi connectivity index (χ1) is 16.0.